The molecule has 66 valence electrons. The van der Waals surface area contributed by atoms with Gasteiger partial charge in [0.05, 0.1) is 16.6 Å². The normalized spacial score (nSPS) is 10.6. The van der Waals surface area contributed by atoms with Crippen LogP contribution in [0.2, 0.25) is 0 Å². The van der Waals surface area contributed by atoms with Gasteiger partial charge < -0.3 is 0 Å². The molecule has 0 radical (unpaired) electrons. The first-order valence-electron chi connectivity index (χ1n) is 3.99. The molecule has 0 unspecified atom stereocenters. The minimum absolute atomic E-state index is 0.103. The van der Waals surface area contributed by atoms with Gasteiger partial charge in [-0.2, -0.15) is 5.10 Å². The molecular formula is C9H9N3O. The van der Waals surface area contributed by atoms with E-state index in [2.05, 4.69) is 10.1 Å². The maximum absolute atomic E-state index is 11.5. The van der Waals surface area contributed by atoms with Crippen molar-refractivity contribution in [2.75, 3.05) is 0 Å². The summed E-state index contributed by atoms with van der Waals surface area (Å²) < 4.78 is 1.33. The van der Waals surface area contributed by atoms with Crippen molar-refractivity contribution in [2.45, 2.75) is 6.92 Å². The lowest BCUT2D eigenvalue weighted by molar-refractivity contribution is 0.703. The fourth-order valence-corrected chi connectivity index (χ4v) is 1.36. The quantitative estimate of drug-likeness (QED) is 0.590. The molecule has 0 aliphatic rings. The summed E-state index contributed by atoms with van der Waals surface area (Å²) in [5, 5.41) is 4.67. The molecule has 13 heavy (non-hydrogen) atoms. The van der Waals surface area contributed by atoms with Gasteiger partial charge in [-0.05, 0) is 19.1 Å². The molecule has 0 amide bonds. The molecule has 0 N–H and O–H groups in total. The van der Waals surface area contributed by atoms with Crippen molar-refractivity contribution in [2.24, 2.45) is 7.05 Å². The first-order valence-corrected chi connectivity index (χ1v) is 3.99. The highest BCUT2D eigenvalue weighted by atomic mass is 16.1. The van der Waals surface area contributed by atoms with E-state index in [9.17, 15) is 4.79 Å². The van der Waals surface area contributed by atoms with Crippen molar-refractivity contribution in [1.29, 1.82) is 0 Å². The smallest absolute Gasteiger partial charge is 0.267 e. The average molecular weight is 175 g/mol. The lowest BCUT2D eigenvalue weighted by atomic mass is 10.2. The lowest BCUT2D eigenvalue weighted by Gasteiger charge is -2.01. The monoisotopic (exact) mass is 175 g/mol. The number of aryl methyl sites for hydroxylation is 2. The molecule has 0 atom stereocenters. The van der Waals surface area contributed by atoms with Gasteiger partial charge in [-0.1, -0.05) is 0 Å². The minimum Gasteiger partial charge on any atom is -0.267 e. The Morgan fingerprint density at radius 3 is 3.00 bits per heavy atom. The zero-order valence-corrected chi connectivity index (χ0v) is 7.48. The largest absolute Gasteiger partial charge is 0.275 e. The van der Waals surface area contributed by atoms with Gasteiger partial charge in [0.25, 0.3) is 5.56 Å². The summed E-state index contributed by atoms with van der Waals surface area (Å²) in [5.74, 6) is 0. The van der Waals surface area contributed by atoms with Crippen LogP contribution in [-0.2, 0) is 7.05 Å². The number of rotatable bonds is 0. The van der Waals surface area contributed by atoms with Crippen molar-refractivity contribution in [3.8, 4) is 0 Å². The second-order valence-electron chi connectivity index (χ2n) is 2.91. The summed E-state index contributed by atoms with van der Waals surface area (Å²) in [6.45, 7) is 1.84. The van der Waals surface area contributed by atoms with Crippen LogP contribution in [0.15, 0.2) is 23.1 Å². The molecule has 4 heteroatoms. The van der Waals surface area contributed by atoms with Crippen LogP contribution in [0.3, 0.4) is 0 Å². The predicted octanol–water partition coefficient (Wildman–Crippen LogP) is 0.637. The average Bonchev–Trinajstić information content (AvgIpc) is 2.15. The van der Waals surface area contributed by atoms with Crippen LogP contribution >= 0.6 is 0 Å². The van der Waals surface area contributed by atoms with Crippen LogP contribution in [0.25, 0.3) is 10.9 Å². The summed E-state index contributed by atoms with van der Waals surface area (Å²) >= 11 is 0. The summed E-state index contributed by atoms with van der Waals surface area (Å²) in [6, 6.07) is 3.52. The third-order valence-electron chi connectivity index (χ3n) is 1.97. The van der Waals surface area contributed by atoms with Crippen LogP contribution in [0.4, 0.5) is 0 Å². The topological polar surface area (TPSA) is 47.8 Å². The fourth-order valence-electron chi connectivity index (χ4n) is 1.36. The van der Waals surface area contributed by atoms with Crippen molar-refractivity contribution >= 4 is 10.9 Å². The van der Waals surface area contributed by atoms with Crippen LogP contribution in [0.1, 0.15) is 5.69 Å². The van der Waals surface area contributed by atoms with E-state index in [1.54, 1.807) is 25.4 Å². The SMILES string of the molecule is Cc1nn(C)c(=O)c2cccnc12. The Morgan fingerprint density at radius 2 is 2.23 bits per heavy atom. The maximum atomic E-state index is 11.5. The molecule has 4 nitrogen and oxygen atoms in total. The zero-order valence-electron chi connectivity index (χ0n) is 7.48. The van der Waals surface area contributed by atoms with Gasteiger partial charge in [-0.25, -0.2) is 4.68 Å². The molecule has 2 rings (SSSR count). The Bertz CT molecular complexity index is 516. The van der Waals surface area contributed by atoms with Gasteiger partial charge in [-0.3, -0.25) is 9.78 Å². The molecule has 2 aromatic rings. The molecule has 0 fully saturated rings. The molecule has 0 aromatic carbocycles. The Hall–Kier alpha value is -1.71. The van der Waals surface area contributed by atoms with E-state index in [0.29, 0.717) is 10.9 Å². The second kappa shape index (κ2) is 2.65. The third-order valence-corrected chi connectivity index (χ3v) is 1.97. The Morgan fingerprint density at radius 1 is 1.46 bits per heavy atom. The summed E-state index contributed by atoms with van der Waals surface area (Å²) in [4.78, 5) is 15.6. The van der Waals surface area contributed by atoms with Crippen molar-refractivity contribution in [1.82, 2.24) is 14.8 Å². The van der Waals surface area contributed by atoms with Gasteiger partial charge >= 0.3 is 0 Å². The number of nitrogens with zero attached hydrogens (tertiary/aromatic N) is 3. The van der Waals surface area contributed by atoms with Crippen LogP contribution in [-0.4, -0.2) is 14.8 Å². The lowest BCUT2D eigenvalue weighted by Crippen LogP contribution is -2.20. The van der Waals surface area contributed by atoms with Crippen molar-refractivity contribution in [3.63, 3.8) is 0 Å². The van der Waals surface area contributed by atoms with Gasteiger partial charge in [0.1, 0.15) is 0 Å². The molecule has 0 spiro atoms. The first kappa shape index (κ1) is 7.91. The number of fused-ring (bicyclic) bond motifs is 1. The summed E-state index contributed by atoms with van der Waals surface area (Å²) in [5.41, 5.74) is 1.36. The Labute approximate surface area is 74.8 Å². The van der Waals surface area contributed by atoms with E-state index >= 15 is 0 Å². The van der Waals surface area contributed by atoms with Crippen LogP contribution in [0, 0.1) is 6.92 Å². The first-order chi connectivity index (χ1) is 6.20. The van der Waals surface area contributed by atoms with Gasteiger partial charge in [0.15, 0.2) is 0 Å². The summed E-state index contributed by atoms with van der Waals surface area (Å²) in [7, 11) is 1.64. The Balaban J connectivity index is 3.06. The van der Waals surface area contributed by atoms with Crippen LogP contribution in [0.5, 0.6) is 0 Å². The number of pyridine rings is 1. The van der Waals surface area contributed by atoms with E-state index in [-0.39, 0.29) is 5.56 Å². The van der Waals surface area contributed by atoms with E-state index in [0.717, 1.165) is 5.69 Å². The molecule has 0 aliphatic carbocycles. The molecule has 0 bridgehead atoms. The molecule has 0 saturated carbocycles. The van der Waals surface area contributed by atoms with E-state index < -0.39 is 0 Å². The minimum atomic E-state index is -0.103. The van der Waals surface area contributed by atoms with Crippen molar-refractivity contribution in [3.05, 3.63) is 34.4 Å². The van der Waals surface area contributed by atoms with Crippen LogP contribution < -0.4 is 5.56 Å². The van der Waals surface area contributed by atoms with Crippen molar-refractivity contribution < 1.29 is 0 Å². The standard InChI is InChI=1S/C9H9N3O/c1-6-8-7(4-3-5-10-8)9(13)12(2)11-6/h3-5H,1-2H3. The number of hydrogen-bond donors (Lipinski definition) is 0. The van der Waals surface area contributed by atoms with E-state index in [1.165, 1.54) is 4.68 Å². The Kier molecular flexibility index (Phi) is 1.62. The molecular weight excluding hydrogens is 166 g/mol. The fraction of sp³-hybridized carbons (Fsp3) is 0.222. The number of aromatic nitrogens is 3. The number of hydrogen-bond acceptors (Lipinski definition) is 3. The molecule has 0 saturated heterocycles. The highest BCUT2D eigenvalue weighted by molar-refractivity contribution is 5.78. The molecule has 2 aromatic heterocycles. The molecule has 2 heterocycles. The highest BCUT2D eigenvalue weighted by Crippen LogP contribution is 2.07. The van der Waals surface area contributed by atoms with Gasteiger partial charge in [0, 0.05) is 13.2 Å². The van der Waals surface area contributed by atoms with E-state index in [4.69, 9.17) is 0 Å². The third kappa shape index (κ3) is 1.11. The second-order valence-corrected chi connectivity index (χ2v) is 2.91. The zero-order chi connectivity index (χ0) is 9.42. The maximum Gasteiger partial charge on any atom is 0.275 e. The highest BCUT2D eigenvalue weighted by Gasteiger charge is 2.04. The van der Waals surface area contributed by atoms with Gasteiger partial charge in [-0.15, -0.1) is 0 Å². The van der Waals surface area contributed by atoms with Gasteiger partial charge in [0.2, 0.25) is 0 Å². The molecule has 0 aliphatic heterocycles. The predicted molar refractivity (Wildman–Crippen MR) is 49.5 cm³/mol. The summed E-state index contributed by atoms with van der Waals surface area (Å²) in [6.07, 6.45) is 1.66. The van der Waals surface area contributed by atoms with E-state index in [1.807, 2.05) is 6.92 Å².